The third-order valence-electron chi connectivity index (χ3n) is 4.29. The van der Waals surface area contributed by atoms with E-state index in [-0.39, 0.29) is 0 Å². The van der Waals surface area contributed by atoms with Gasteiger partial charge < -0.3 is 9.88 Å². The van der Waals surface area contributed by atoms with Crippen LogP contribution in [-0.4, -0.2) is 23.5 Å². The zero-order valence-electron chi connectivity index (χ0n) is 11.6. The van der Waals surface area contributed by atoms with Crippen molar-refractivity contribution in [3.8, 4) is 0 Å². The summed E-state index contributed by atoms with van der Waals surface area (Å²) in [7, 11) is 2.20. The monoisotopic (exact) mass is 262 g/mol. The number of likely N-dealkylation sites (N-methyl/N-ethyl adjacent to an activating group) is 1. The fourth-order valence-corrected chi connectivity index (χ4v) is 3.33. The van der Waals surface area contributed by atoms with Gasteiger partial charge in [0.25, 0.3) is 0 Å². The van der Waals surface area contributed by atoms with E-state index < -0.39 is 0 Å². The number of benzene rings is 2. The molecule has 1 aliphatic rings. The number of nitrogens with one attached hydrogen (secondary N) is 1. The SMILES string of the molecule is CN1Cc2ccccc2[C@H](c2cc3ccccc3[nH]2)C1. The molecule has 20 heavy (non-hydrogen) atoms. The van der Waals surface area contributed by atoms with E-state index in [0.717, 1.165) is 13.1 Å². The van der Waals surface area contributed by atoms with Crippen LogP contribution in [-0.2, 0) is 6.54 Å². The normalized spacial score (nSPS) is 19.1. The van der Waals surface area contributed by atoms with Crippen molar-refractivity contribution in [1.29, 1.82) is 0 Å². The summed E-state index contributed by atoms with van der Waals surface area (Å²) in [5.74, 6) is 0.442. The minimum Gasteiger partial charge on any atom is -0.358 e. The van der Waals surface area contributed by atoms with Gasteiger partial charge in [0.15, 0.2) is 0 Å². The van der Waals surface area contributed by atoms with Gasteiger partial charge in [0.05, 0.1) is 0 Å². The fraction of sp³-hybridized carbons (Fsp3) is 0.222. The molecule has 0 aliphatic carbocycles. The second-order valence-corrected chi connectivity index (χ2v) is 5.76. The van der Waals surface area contributed by atoms with Gasteiger partial charge in [0.1, 0.15) is 0 Å². The number of H-pyrrole nitrogens is 1. The average Bonchev–Trinajstić information content (AvgIpc) is 2.90. The Bertz CT molecular complexity index is 724. The van der Waals surface area contributed by atoms with Crippen molar-refractivity contribution in [1.82, 2.24) is 9.88 Å². The molecule has 4 rings (SSSR count). The van der Waals surface area contributed by atoms with E-state index >= 15 is 0 Å². The molecule has 1 aromatic heterocycles. The third kappa shape index (κ3) is 1.84. The van der Waals surface area contributed by atoms with Crippen LogP contribution >= 0.6 is 0 Å². The van der Waals surface area contributed by atoms with Crippen molar-refractivity contribution in [2.75, 3.05) is 13.6 Å². The highest BCUT2D eigenvalue weighted by molar-refractivity contribution is 5.80. The smallest absolute Gasteiger partial charge is 0.0456 e. The molecular weight excluding hydrogens is 244 g/mol. The predicted molar refractivity (Wildman–Crippen MR) is 82.9 cm³/mol. The Kier molecular flexibility index (Phi) is 2.64. The average molecular weight is 262 g/mol. The molecule has 2 nitrogen and oxygen atoms in total. The minimum absolute atomic E-state index is 0.442. The van der Waals surface area contributed by atoms with Crippen molar-refractivity contribution in [2.45, 2.75) is 12.5 Å². The van der Waals surface area contributed by atoms with Gasteiger partial charge >= 0.3 is 0 Å². The number of nitrogens with zero attached hydrogens (tertiary/aromatic N) is 1. The lowest BCUT2D eigenvalue weighted by molar-refractivity contribution is 0.294. The summed E-state index contributed by atoms with van der Waals surface area (Å²) in [6.45, 7) is 2.12. The first-order chi connectivity index (χ1) is 9.81. The molecule has 1 N–H and O–H groups in total. The molecule has 100 valence electrons. The van der Waals surface area contributed by atoms with E-state index in [1.807, 2.05) is 0 Å². The van der Waals surface area contributed by atoms with Crippen LogP contribution in [0.5, 0.6) is 0 Å². The van der Waals surface area contributed by atoms with Crippen molar-refractivity contribution >= 4 is 10.9 Å². The van der Waals surface area contributed by atoms with Crippen molar-refractivity contribution in [2.24, 2.45) is 0 Å². The van der Waals surface area contributed by atoms with Gasteiger partial charge in [-0.1, -0.05) is 42.5 Å². The highest BCUT2D eigenvalue weighted by Crippen LogP contribution is 2.33. The maximum absolute atomic E-state index is 3.60. The number of hydrogen-bond acceptors (Lipinski definition) is 1. The number of fused-ring (bicyclic) bond motifs is 2. The molecule has 2 heterocycles. The summed E-state index contributed by atoms with van der Waals surface area (Å²) in [5.41, 5.74) is 5.47. The molecule has 1 atom stereocenters. The lowest BCUT2D eigenvalue weighted by Gasteiger charge is -2.31. The molecule has 2 aromatic carbocycles. The van der Waals surface area contributed by atoms with E-state index in [0.29, 0.717) is 5.92 Å². The van der Waals surface area contributed by atoms with Crippen LogP contribution in [0, 0.1) is 0 Å². The van der Waals surface area contributed by atoms with Crippen LogP contribution in [0.4, 0.5) is 0 Å². The maximum atomic E-state index is 3.60. The van der Waals surface area contributed by atoms with Gasteiger partial charge in [0.2, 0.25) is 0 Å². The summed E-state index contributed by atoms with van der Waals surface area (Å²) in [6.07, 6.45) is 0. The topological polar surface area (TPSA) is 19.0 Å². The highest BCUT2D eigenvalue weighted by atomic mass is 15.1. The lowest BCUT2D eigenvalue weighted by Crippen LogP contribution is -2.31. The van der Waals surface area contributed by atoms with Gasteiger partial charge in [-0.2, -0.15) is 0 Å². The van der Waals surface area contributed by atoms with Gasteiger partial charge in [-0.3, -0.25) is 0 Å². The Morgan fingerprint density at radius 1 is 1.05 bits per heavy atom. The van der Waals surface area contributed by atoms with E-state index in [1.165, 1.54) is 27.7 Å². The summed E-state index contributed by atoms with van der Waals surface area (Å²) >= 11 is 0. The molecule has 0 bridgehead atoms. The third-order valence-corrected chi connectivity index (χ3v) is 4.29. The Hall–Kier alpha value is -2.06. The highest BCUT2D eigenvalue weighted by Gasteiger charge is 2.25. The summed E-state index contributed by atoms with van der Waals surface area (Å²) in [5, 5.41) is 1.30. The molecule has 0 radical (unpaired) electrons. The lowest BCUT2D eigenvalue weighted by atomic mass is 9.88. The first kappa shape index (κ1) is 11.7. The Morgan fingerprint density at radius 3 is 2.75 bits per heavy atom. The zero-order valence-corrected chi connectivity index (χ0v) is 11.6. The number of aromatic nitrogens is 1. The molecule has 0 amide bonds. The van der Waals surface area contributed by atoms with Gasteiger partial charge in [0, 0.05) is 30.2 Å². The van der Waals surface area contributed by atoms with Gasteiger partial charge in [-0.05, 0) is 35.7 Å². The second kappa shape index (κ2) is 4.50. The number of para-hydroxylation sites is 1. The second-order valence-electron chi connectivity index (χ2n) is 5.76. The quantitative estimate of drug-likeness (QED) is 0.707. The summed E-state index contributed by atoms with van der Waals surface area (Å²) in [4.78, 5) is 6.00. The van der Waals surface area contributed by atoms with Crippen LogP contribution in [0.3, 0.4) is 0 Å². The zero-order chi connectivity index (χ0) is 13.5. The van der Waals surface area contributed by atoms with Gasteiger partial charge in [-0.15, -0.1) is 0 Å². The molecule has 0 spiro atoms. The minimum atomic E-state index is 0.442. The van der Waals surface area contributed by atoms with E-state index in [1.54, 1.807) is 0 Å². The molecule has 0 fully saturated rings. The van der Waals surface area contributed by atoms with Crippen molar-refractivity contribution in [3.05, 3.63) is 71.4 Å². The van der Waals surface area contributed by atoms with Crippen LogP contribution < -0.4 is 0 Å². The van der Waals surface area contributed by atoms with E-state index in [4.69, 9.17) is 0 Å². The number of hydrogen-bond donors (Lipinski definition) is 1. The number of rotatable bonds is 1. The molecule has 0 saturated heterocycles. The van der Waals surface area contributed by atoms with E-state index in [9.17, 15) is 0 Å². The van der Waals surface area contributed by atoms with Crippen molar-refractivity contribution < 1.29 is 0 Å². The van der Waals surface area contributed by atoms with E-state index in [2.05, 4.69) is 71.5 Å². The first-order valence-electron chi connectivity index (χ1n) is 7.15. The predicted octanol–water partition coefficient (Wildman–Crippen LogP) is 3.75. The summed E-state index contributed by atoms with van der Waals surface area (Å²) in [6, 6.07) is 19.6. The number of aromatic amines is 1. The van der Waals surface area contributed by atoms with Crippen LogP contribution in [0.1, 0.15) is 22.7 Å². The fourth-order valence-electron chi connectivity index (χ4n) is 3.33. The molecule has 0 unspecified atom stereocenters. The largest absolute Gasteiger partial charge is 0.358 e. The van der Waals surface area contributed by atoms with Crippen LogP contribution in [0.2, 0.25) is 0 Å². The maximum Gasteiger partial charge on any atom is 0.0456 e. The first-order valence-corrected chi connectivity index (χ1v) is 7.15. The Balaban J connectivity index is 1.85. The Morgan fingerprint density at radius 2 is 1.85 bits per heavy atom. The molecule has 1 aliphatic heterocycles. The molecule has 3 aromatic rings. The van der Waals surface area contributed by atoms with Gasteiger partial charge in [-0.25, -0.2) is 0 Å². The molecular formula is C18H18N2. The Labute approximate surface area is 119 Å². The molecule has 0 saturated carbocycles. The van der Waals surface area contributed by atoms with Crippen LogP contribution in [0.25, 0.3) is 10.9 Å². The standard InChI is InChI=1S/C18H18N2/c1-20-11-14-7-2-4-8-15(14)16(12-20)18-10-13-6-3-5-9-17(13)19-18/h2-10,16,19H,11-12H2,1H3/t16-/m1/s1. The van der Waals surface area contributed by atoms with Crippen LogP contribution in [0.15, 0.2) is 54.6 Å². The summed E-state index contributed by atoms with van der Waals surface area (Å²) < 4.78 is 0. The molecule has 2 heteroatoms. The van der Waals surface area contributed by atoms with Crippen molar-refractivity contribution in [3.63, 3.8) is 0 Å².